The lowest BCUT2D eigenvalue weighted by molar-refractivity contribution is -0.124. The number of nitrogens with one attached hydrogen (secondary N) is 2. The summed E-state index contributed by atoms with van der Waals surface area (Å²) in [6, 6.07) is 0. The highest BCUT2D eigenvalue weighted by atomic mass is 35.5. The topological polar surface area (TPSA) is 84.2 Å². The maximum absolute atomic E-state index is 11.7. The molecule has 2 amide bonds. The Bertz CT molecular complexity index is 339. The van der Waals surface area contributed by atoms with Crippen molar-refractivity contribution < 1.29 is 9.59 Å². The fourth-order valence-corrected chi connectivity index (χ4v) is 2.64. The van der Waals surface area contributed by atoms with E-state index in [0.717, 1.165) is 12.8 Å². The molecule has 0 heterocycles. The molecule has 2 rings (SSSR count). The van der Waals surface area contributed by atoms with E-state index in [4.69, 9.17) is 5.73 Å². The quantitative estimate of drug-likeness (QED) is 0.643. The van der Waals surface area contributed by atoms with Gasteiger partial charge < -0.3 is 16.4 Å². The second kappa shape index (κ2) is 7.84. The van der Waals surface area contributed by atoms with E-state index < -0.39 is 5.54 Å². The summed E-state index contributed by atoms with van der Waals surface area (Å²) >= 11 is 0. The van der Waals surface area contributed by atoms with Gasteiger partial charge in [0.25, 0.3) is 0 Å². The first-order chi connectivity index (χ1) is 9.10. The lowest BCUT2D eigenvalue weighted by Gasteiger charge is -2.20. The Labute approximate surface area is 126 Å². The molecule has 0 atom stereocenters. The van der Waals surface area contributed by atoms with Crippen LogP contribution in [-0.4, -0.2) is 30.4 Å². The fraction of sp³-hybridized carbons (Fsp3) is 0.857. The van der Waals surface area contributed by atoms with Crippen molar-refractivity contribution >= 4 is 24.2 Å². The second-order valence-electron chi connectivity index (χ2n) is 5.97. The predicted molar refractivity (Wildman–Crippen MR) is 80.6 cm³/mol. The molecule has 116 valence electrons. The normalized spacial score (nSPS) is 20.6. The van der Waals surface area contributed by atoms with Gasteiger partial charge in [0, 0.05) is 19.5 Å². The Morgan fingerprint density at radius 2 is 1.65 bits per heavy atom. The van der Waals surface area contributed by atoms with Crippen LogP contribution >= 0.6 is 12.4 Å². The first-order valence-corrected chi connectivity index (χ1v) is 7.44. The Morgan fingerprint density at radius 1 is 1.05 bits per heavy atom. The second-order valence-corrected chi connectivity index (χ2v) is 5.97. The maximum Gasteiger partial charge on any atom is 0.240 e. The van der Waals surface area contributed by atoms with Crippen LogP contribution in [0.4, 0.5) is 0 Å². The Balaban J connectivity index is 0.00000200. The van der Waals surface area contributed by atoms with E-state index in [2.05, 4.69) is 10.6 Å². The first-order valence-electron chi connectivity index (χ1n) is 7.44. The predicted octanol–water partition coefficient (Wildman–Crippen LogP) is 1.10. The van der Waals surface area contributed by atoms with Crippen molar-refractivity contribution in [3.05, 3.63) is 0 Å². The minimum absolute atomic E-state index is 0. The average Bonchev–Trinajstić information content (AvgIpc) is 3.15. The molecule has 0 aromatic rings. The lowest BCUT2D eigenvalue weighted by atomic mass is 9.87. The molecule has 0 aromatic carbocycles. The zero-order valence-electron chi connectivity index (χ0n) is 12.0. The number of amides is 2. The van der Waals surface area contributed by atoms with Gasteiger partial charge in [-0.05, 0) is 31.6 Å². The van der Waals surface area contributed by atoms with Crippen LogP contribution in [0.1, 0.15) is 51.4 Å². The molecule has 0 spiro atoms. The van der Waals surface area contributed by atoms with E-state index in [9.17, 15) is 9.59 Å². The molecule has 4 N–H and O–H groups in total. The average molecular weight is 304 g/mol. The Kier molecular flexibility index (Phi) is 6.76. The zero-order valence-corrected chi connectivity index (χ0v) is 12.8. The summed E-state index contributed by atoms with van der Waals surface area (Å²) in [4.78, 5) is 23.3. The number of hydrogen-bond acceptors (Lipinski definition) is 3. The zero-order chi connectivity index (χ0) is 13.7. The molecule has 0 saturated heterocycles. The first kappa shape index (κ1) is 17.2. The number of rotatable bonds is 6. The van der Waals surface area contributed by atoms with Crippen LogP contribution < -0.4 is 16.4 Å². The summed E-state index contributed by atoms with van der Waals surface area (Å²) in [6.45, 7) is 0.960. The van der Waals surface area contributed by atoms with Crippen molar-refractivity contribution in [2.45, 2.75) is 56.9 Å². The Morgan fingerprint density at radius 3 is 2.25 bits per heavy atom. The summed E-state index contributed by atoms with van der Waals surface area (Å²) in [5, 5.41) is 5.63. The van der Waals surface area contributed by atoms with E-state index in [-0.39, 0.29) is 24.2 Å². The lowest BCUT2D eigenvalue weighted by Crippen LogP contribution is -2.45. The number of hydrogen-bond donors (Lipinski definition) is 3. The van der Waals surface area contributed by atoms with Crippen LogP contribution in [0.25, 0.3) is 0 Å². The largest absolute Gasteiger partial charge is 0.354 e. The molecule has 2 aliphatic carbocycles. The van der Waals surface area contributed by atoms with Gasteiger partial charge in [-0.25, -0.2) is 0 Å². The summed E-state index contributed by atoms with van der Waals surface area (Å²) in [5.41, 5.74) is 5.14. The molecule has 2 saturated carbocycles. The van der Waals surface area contributed by atoms with Crippen molar-refractivity contribution in [2.75, 3.05) is 13.1 Å². The van der Waals surface area contributed by atoms with Gasteiger partial charge in [-0.3, -0.25) is 9.59 Å². The highest BCUT2D eigenvalue weighted by molar-refractivity contribution is 5.89. The van der Waals surface area contributed by atoms with E-state index in [1.54, 1.807) is 0 Å². The van der Waals surface area contributed by atoms with Gasteiger partial charge in [0.1, 0.15) is 0 Å². The van der Waals surface area contributed by atoms with Gasteiger partial charge in [-0.2, -0.15) is 0 Å². The monoisotopic (exact) mass is 303 g/mol. The standard InChI is InChI=1S/C14H25N3O2.ClH/c15-14(6-7-14)13(19)17-9-8-16-12(18)10-11-4-2-1-3-5-11;/h11H,1-10,15H2,(H,16,18)(H,17,19);1H. The molecule has 0 unspecified atom stereocenters. The van der Waals surface area contributed by atoms with E-state index in [1.807, 2.05) is 0 Å². The fourth-order valence-electron chi connectivity index (χ4n) is 2.64. The SMILES string of the molecule is Cl.NC1(C(=O)NCCNC(=O)CC2CCCCC2)CC1. The van der Waals surface area contributed by atoms with Crippen LogP contribution in [0.5, 0.6) is 0 Å². The van der Waals surface area contributed by atoms with Gasteiger partial charge in [0.15, 0.2) is 0 Å². The van der Waals surface area contributed by atoms with Crippen molar-refractivity contribution in [1.82, 2.24) is 10.6 Å². The van der Waals surface area contributed by atoms with E-state index in [1.165, 1.54) is 32.1 Å². The third kappa shape index (κ3) is 5.29. The van der Waals surface area contributed by atoms with Crippen LogP contribution in [-0.2, 0) is 9.59 Å². The van der Waals surface area contributed by atoms with Gasteiger partial charge in [-0.1, -0.05) is 19.3 Å². The summed E-state index contributed by atoms with van der Waals surface area (Å²) in [5.74, 6) is 0.575. The summed E-state index contributed by atoms with van der Waals surface area (Å²) in [6.07, 6.45) is 8.36. The number of carbonyl (C=O) groups is 2. The third-order valence-electron chi connectivity index (χ3n) is 4.17. The molecule has 20 heavy (non-hydrogen) atoms. The summed E-state index contributed by atoms with van der Waals surface area (Å²) < 4.78 is 0. The molecule has 0 aliphatic heterocycles. The summed E-state index contributed by atoms with van der Waals surface area (Å²) in [7, 11) is 0. The Hall–Kier alpha value is -0.810. The number of nitrogens with two attached hydrogens (primary N) is 1. The van der Waals surface area contributed by atoms with Crippen LogP contribution in [0.15, 0.2) is 0 Å². The van der Waals surface area contributed by atoms with Gasteiger partial charge in [0.2, 0.25) is 11.8 Å². The number of carbonyl (C=O) groups excluding carboxylic acids is 2. The molecular weight excluding hydrogens is 278 g/mol. The molecule has 0 bridgehead atoms. The highest BCUT2D eigenvalue weighted by Gasteiger charge is 2.45. The molecule has 0 aromatic heterocycles. The van der Waals surface area contributed by atoms with Crippen molar-refractivity contribution in [1.29, 1.82) is 0 Å². The molecule has 5 nitrogen and oxygen atoms in total. The van der Waals surface area contributed by atoms with E-state index in [0.29, 0.717) is 25.4 Å². The van der Waals surface area contributed by atoms with Crippen LogP contribution in [0, 0.1) is 5.92 Å². The van der Waals surface area contributed by atoms with Gasteiger partial charge in [0.05, 0.1) is 5.54 Å². The van der Waals surface area contributed by atoms with Crippen molar-refractivity contribution in [3.8, 4) is 0 Å². The van der Waals surface area contributed by atoms with E-state index >= 15 is 0 Å². The smallest absolute Gasteiger partial charge is 0.240 e. The molecule has 2 fully saturated rings. The maximum atomic E-state index is 11.7. The van der Waals surface area contributed by atoms with Crippen molar-refractivity contribution in [2.24, 2.45) is 11.7 Å². The minimum atomic E-state index is -0.619. The minimum Gasteiger partial charge on any atom is -0.354 e. The molecular formula is C14H26ClN3O2. The van der Waals surface area contributed by atoms with Gasteiger partial charge in [-0.15, -0.1) is 12.4 Å². The molecule has 0 radical (unpaired) electrons. The number of halogens is 1. The van der Waals surface area contributed by atoms with Crippen LogP contribution in [0.2, 0.25) is 0 Å². The van der Waals surface area contributed by atoms with Crippen molar-refractivity contribution in [3.63, 3.8) is 0 Å². The molecule has 6 heteroatoms. The van der Waals surface area contributed by atoms with Crippen LogP contribution in [0.3, 0.4) is 0 Å². The van der Waals surface area contributed by atoms with Gasteiger partial charge >= 0.3 is 0 Å². The molecule has 2 aliphatic rings. The highest BCUT2D eigenvalue weighted by Crippen LogP contribution is 2.31. The third-order valence-corrected chi connectivity index (χ3v) is 4.17.